The monoisotopic (exact) mass is 270 g/mol. The molecule has 0 saturated heterocycles. The molecule has 1 aromatic carbocycles. The maximum atomic E-state index is 12.9. The Bertz CT molecular complexity index is 382. The highest BCUT2D eigenvalue weighted by atomic mass is 28.4. The van der Waals surface area contributed by atoms with Gasteiger partial charge in [-0.1, -0.05) is 32.9 Å². The zero-order chi connectivity index (χ0) is 14.0. The predicted octanol–water partition coefficient (Wildman–Crippen LogP) is 3.88. The average Bonchev–Trinajstić information content (AvgIpc) is 2.25. The molecule has 2 nitrogen and oxygen atoms in total. The van der Waals surface area contributed by atoms with Crippen LogP contribution in [0.5, 0.6) is 0 Å². The Labute approximate surface area is 110 Å². The molecule has 0 fully saturated rings. The lowest BCUT2D eigenvalue weighted by atomic mass is 10.1. The summed E-state index contributed by atoms with van der Waals surface area (Å²) in [6.07, 6.45) is -0.369. The van der Waals surface area contributed by atoms with Crippen LogP contribution in [0.2, 0.25) is 18.1 Å². The fourth-order valence-corrected chi connectivity index (χ4v) is 2.70. The summed E-state index contributed by atoms with van der Waals surface area (Å²) in [5.74, 6) is -0.275. The first-order valence-corrected chi connectivity index (χ1v) is 9.12. The fraction of sp³-hybridized carbons (Fsp3) is 0.571. The molecule has 0 aliphatic rings. The van der Waals surface area contributed by atoms with Crippen LogP contribution >= 0.6 is 0 Å². The zero-order valence-electron chi connectivity index (χ0n) is 11.8. The summed E-state index contributed by atoms with van der Waals surface area (Å²) in [5.41, 5.74) is 0.823. The number of rotatable bonds is 4. The first-order chi connectivity index (χ1) is 8.17. The topological polar surface area (TPSA) is 29.5 Å². The van der Waals surface area contributed by atoms with Crippen LogP contribution in [0, 0.1) is 5.82 Å². The fourth-order valence-electron chi connectivity index (χ4n) is 1.42. The van der Waals surface area contributed by atoms with Crippen molar-refractivity contribution in [2.75, 3.05) is 6.61 Å². The van der Waals surface area contributed by atoms with Crippen molar-refractivity contribution in [3.63, 3.8) is 0 Å². The predicted molar refractivity (Wildman–Crippen MR) is 74.5 cm³/mol. The van der Waals surface area contributed by atoms with Gasteiger partial charge in [0.25, 0.3) is 0 Å². The standard InChI is InChI=1S/C14H23FO2Si/c1-14(2,3)18(4,5)17-13(10-16)11-6-8-12(15)9-7-11/h6-9,13,16H,10H2,1-5H3. The minimum Gasteiger partial charge on any atom is -0.408 e. The molecule has 4 heteroatoms. The average molecular weight is 270 g/mol. The number of aliphatic hydroxyl groups excluding tert-OH is 1. The SMILES string of the molecule is CC(C)(C)[Si](C)(C)OC(CO)c1ccc(F)cc1. The molecule has 0 saturated carbocycles. The third-order valence-electron chi connectivity index (χ3n) is 3.65. The van der Waals surface area contributed by atoms with Gasteiger partial charge >= 0.3 is 0 Å². The summed E-state index contributed by atoms with van der Waals surface area (Å²) in [7, 11) is -1.94. The van der Waals surface area contributed by atoms with Gasteiger partial charge in [-0.15, -0.1) is 0 Å². The first kappa shape index (κ1) is 15.3. The van der Waals surface area contributed by atoms with E-state index in [2.05, 4.69) is 33.9 Å². The van der Waals surface area contributed by atoms with E-state index < -0.39 is 8.32 Å². The van der Waals surface area contributed by atoms with Gasteiger partial charge in [-0.25, -0.2) is 4.39 Å². The van der Waals surface area contributed by atoms with E-state index in [4.69, 9.17) is 4.43 Å². The van der Waals surface area contributed by atoms with Crippen molar-refractivity contribution in [3.8, 4) is 0 Å². The Morgan fingerprint density at radius 3 is 2.11 bits per heavy atom. The Morgan fingerprint density at radius 1 is 1.22 bits per heavy atom. The zero-order valence-corrected chi connectivity index (χ0v) is 12.8. The molecular formula is C14H23FO2Si. The molecule has 1 N–H and O–H groups in total. The van der Waals surface area contributed by atoms with E-state index in [1.165, 1.54) is 12.1 Å². The van der Waals surface area contributed by atoms with Gasteiger partial charge in [-0.3, -0.25) is 0 Å². The van der Waals surface area contributed by atoms with Crippen LogP contribution in [0.25, 0.3) is 0 Å². The van der Waals surface area contributed by atoms with Crippen molar-refractivity contribution >= 4 is 8.32 Å². The van der Waals surface area contributed by atoms with E-state index in [0.717, 1.165) is 5.56 Å². The van der Waals surface area contributed by atoms with E-state index in [0.29, 0.717) is 0 Å². The van der Waals surface area contributed by atoms with E-state index >= 15 is 0 Å². The van der Waals surface area contributed by atoms with Crippen molar-refractivity contribution in [2.24, 2.45) is 0 Å². The summed E-state index contributed by atoms with van der Waals surface area (Å²) in [6.45, 7) is 10.6. The van der Waals surface area contributed by atoms with Gasteiger partial charge in [-0.05, 0) is 35.8 Å². The molecule has 0 radical (unpaired) electrons. The van der Waals surface area contributed by atoms with E-state index in [1.54, 1.807) is 12.1 Å². The van der Waals surface area contributed by atoms with E-state index in [1.807, 2.05) is 0 Å². The second-order valence-corrected chi connectivity index (χ2v) is 10.9. The van der Waals surface area contributed by atoms with E-state index in [9.17, 15) is 9.50 Å². The van der Waals surface area contributed by atoms with E-state index in [-0.39, 0.29) is 23.6 Å². The van der Waals surface area contributed by atoms with Crippen LogP contribution in [0.1, 0.15) is 32.4 Å². The van der Waals surface area contributed by atoms with Gasteiger partial charge in [0, 0.05) is 0 Å². The molecule has 1 rings (SSSR count). The Hall–Kier alpha value is -0.713. The van der Waals surface area contributed by atoms with Gasteiger partial charge < -0.3 is 9.53 Å². The quantitative estimate of drug-likeness (QED) is 0.841. The van der Waals surface area contributed by atoms with Crippen LogP contribution < -0.4 is 0 Å². The van der Waals surface area contributed by atoms with Gasteiger partial charge in [0.05, 0.1) is 12.7 Å². The molecule has 0 amide bonds. The highest BCUT2D eigenvalue weighted by Crippen LogP contribution is 2.39. The van der Waals surface area contributed by atoms with Crippen LogP contribution in [0.15, 0.2) is 24.3 Å². The van der Waals surface area contributed by atoms with Gasteiger partial charge in [0.2, 0.25) is 0 Å². The summed E-state index contributed by atoms with van der Waals surface area (Å²) < 4.78 is 19.0. The van der Waals surface area contributed by atoms with Gasteiger partial charge in [0.15, 0.2) is 8.32 Å². The molecule has 0 aliphatic heterocycles. The summed E-state index contributed by atoms with van der Waals surface area (Å²) >= 11 is 0. The van der Waals surface area contributed by atoms with Crippen LogP contribution in [-0.4, -0.2) is 20.0 Å². The maximum Gasteiger partial charge on any atom is 0.193 e. The molecule has 1 atom stereocenters. The molecule has 0 aromatic heterocycles. The second-order valence-electron chi connectivity index (χ2n) is 6.10. The molecule has 18 heavy (non-hydrogen) atoms. The molecule has 0 aliphatic carbocycles. The Kier molecular flexibility index (Phi) is 4.70. The highest BCUT2D eigenvalue weighted by molar-refractivity contribution is 6.74. The Balaban J connectivity index is 2.89. The second kappa shape index (κ2) is 5.51. The lowest BCUT2D eigenvalue weighted by Crippen LogP contribution is -2.42. The lowest BCUT2D eigenvalue weighted by Gasteiger charge is -2.39. The molecular weight excluding hydrogens is 247 g/mol. The number of benzene rings is 1. The normalized spacial score (nSPS) is 14.6. The van der Waals surface area contributed by atoms with Gasteiger partial charge in [-0.2, -0.15) is 0 Å². The summed E-state index contributed by atoms with van der Waals surface area (Å²) in [6, 6.07) is 6.13. The number of aliphatic hydroxyl groups is 1. The maximum absolute atomic E-state index is 12.9. The lowest BCUT2D eigenvalue weighted by molar-refractivity contribution is 0.103. The van der Waals surface area contributed by atoms with Crippen LogP contribution in [-0.2, 0) is 4.43 Å². The van der Waals surface area contributed by atoms with Crippen LogP contribution in [0.4, 0.5) is 4.39 Å². The minimum absolute atomic E-state index is 0.0838. The molecule has 0 bridgehead atoms. The summed E-state index contributed by atoms with van der Waals surface area (Å²) in [4.78, 5) is 0. The molecule has 0 heterocycles. The molecule has 102 valence electrons. The van der Waals surface area contributed by atoms with Crippen molar-refractivity contribution in [1.29, 1.82) is 0 Å². The van der Waals surface area contributed by atoms with Crippen molar-refractivity contribution in [2.45, 2.75) is 45.0 Å². The molecule has 1 aromatic rings. The van der Waals surface area contributed by atoms with Crippen LogP contribution in [0.3, 0.4) is 0 Å². The third-order valence-corrected chi connectivity index (χ3v) is 8.14. The summed E-state index contributed by atoms with van der Waals surface area (Å²) in [5, 5.41) is 9.57. The van der Waals surface area contributed by atoms with Crippen molar-refractivity contribution in [1.82, 2.24) is 0 Å². The largest absolute Gasteiger partial charge is 0.408 e. The minimum atomic E-state index is -1.94. The number of hydrogen-bond donors (Lipinski definition) is 1. The number of halogens is 1. The third kappa shape index (κ3) is 3.64. The van der Waals surface area contributed by atoms with Gasteiger partial charge in [0.1, 0.15) is 5.82 Å². The first-order valence-electron chi connectivity index (χ1n) is 6.21. The smallest absolute Gasteiger partial charge is 0.193 e. The molecule has 1 unspecified atom stereocenters. The van der Waals surface area contributed by atoms with Crippen molar-refractivity contribution in [3.05, 3.63) is 35.6 Å². The van der Waals surface area contributed by atoms with Crippen molar-refractivity contribution < 1.29 is 13.9 Å². The Morgan fingerprint density at radius 2 is 1.72 bits per heavy atom. The highest BCUT2D eigenvalue weighted by Gasteiger charge is 2.39. The molecule has 0 spiro atoms. The number of hydrogen-bond acceptors (Lipinski definition) is 2.